The van der Waals surface area contributed by atoms with Gasteiger partial charge in [0.15, 0.2) is 0 Å². The van der Waals surface area contributed by atoms with Crippen molar-refractivity contribution in [3.05, 3.63) is 35.7 Å². The van der Waals surface area contributed by atoms with Crippen LogP contribution in [-0.4, -0.2) is 4.98 Å². The summed E-state index contributed by atoms with van der Waals surface area (Å²) in [6, 6.07) is 1.99. The average molecular weight is 190 g/mol. The summed E-state index contributed by atoms with van der Waals surface area (Å²) in [7, 11) is 0. The molecule has 0 radical (unpaired) electrons. The van der Waals surface area contributed by atoms with Gasteiger partial charge in [0.2, 0.25) is 0 Å². The van der Waals surface area contributed by atoms with Crippen LogP contribution in [0.2, 0.25) is 0 Å². The van der Waals surface area contributed by atoms with Crippen LogP contribution in [0.4, 0.5) is 5.69 Å². The zero-order valence-corrected chi connectivity index (χ0v) is 9.09. The summed E-state index contributed by atoms with van der Waals surface area (Å²) >= 11 is 0. The van der Waals surface area contributed by atoms with Gasteiger partial charge >= 0.3 is 0 Å². The highest BCUT2D eigenvalue weighted by Crippen LogP contribution is 2.21. The lowest BCUT2D eigenvalue weighted by atomic mass is 10.1. The van der Waals surface area contributed by atoms with E-state index in [9.17, 15) is 0 Å². The van der Waals surface area contributed by atoms with E-state index in [2.05, 4.69) is 25.4 Å². The summed E-state index contributed by atoms with van der Waals surface area (Å²) < 4.78 is 0. The van der Waals surface area contributed by atoms with Gasteiger partial charge in [-0.3, -0.25) is 0 Å². The maximum Gasteiger partial charge on any atom is 0.0618 e. The SMILES string of the molecule is C=C/C(C)=C\c1[nH]c(C(C)C)cc1N. The molecule has 76 valence electrons. The van der Waals surface area contributed by atoms with Gasteiger partial charge in [0, 0.05) is 5.69 Å². The first kappa shape index (κ1) is 10.6. The van der Waals surface area contributed by atoms with Crippen molar-refractivity contribution >= 4 is 11.8 Å². The molecule has 14 heavy (non-hydrogen) atoms. The normalized spacial score (nSPS) is 12.1. The molecule has 1 aromatic rings. The third-order valence-electron chi connectivity index (χ3n) is 2.22. The molecule has 0 fully saturated rings. The Bertz CT molecular complexity index is 356. The van der Waals surface area contributed by atoms with E-state index >= 15 is 0 Å². The molecule has 0 aliphatic carbocycles. The summed E-state index contributed by atoms with van der Waals surface area (Å²) in [4.78, 5) is 3.30. The predicted octanol–water partition coefficient (Wildman–Crippen LogP) is 3.31. The van der Waals surface area contributed by atoms with Crippen LogP contribution in [0, 0.1) is 0 Å². The van der Waals surface area contributed by atoms with Crippen LogP contribution < -0.4 is 5.73 Å². The second-order valence-electron chi connectivity index (χ2n) is 3.84. The number of anilines is 1. The fourth-order valence-electron chi connectivity index (χ4n) is 1.23. The van der Waals surface area contributed by atoms with E-state index in [1.165, 1.54) is 5.69 Å². The van der Waals surface area contributed by atoms with Crippen molar-refractivity contribution in [1.29, 1.82) is 0 Å². The number of allylic oxidation sites excluding steroid dienone is 2. The van der Waals surface area contributed by atoms with Crippen LogP contribution in [-0.2, 0) is 0 Å². The molecule has 3 N–H and O–H groups in total. The van der Waals surface area contributed by atoms with Crippen LogP contribution in [0.5, 0.6) is 0 Å². The van der Waals surface area contributed by atoms with Crippen molar-refractivity contribution in [2.75, 3.05) is 5.73 Å². The minimum atomic E-state index is 0.475. The van der Waals surface area contributed by atoms with Gasteiger partial charge in [-0.1, -0.05) is 26.5 Å². The molecular weight excluding hydrogens is 172 g/mol. The number of nitrogen functional groups attached to an aromatic ring is 1. The third kappa shape index (κ3) is 2.28. The van der Waals surface area contributed by atoms with Gasteiger partial charge in [-0.2, -0.15) is 0 Å². The molecule has 0 spiro atoms. The smallest absolute Gasteiger partial charge is 0.0618 e. The molecule has 1 heterocycles. The number of aromatic nitrogens is 1. The summed E-state index contributed by atoms with van der Waals surface area (Å²) in [6.07, 6.45) is 3.82. The number of nitrogens with one attached hydrogen (secondary N) is 1. The van der Waals surface area contributed by atoms with Crippen molar-refractivity contribution in [1.82, 2.24) is 4.98 Å². The molecule has 0 saturated carbocycles. The van der Waals surface area contributed by atoms with Gasteiger partial charge in [-0.05, 0) is 30.6 Å². The summed E-state index contributed by atoms with van der Waals surface area (Å²) in [5, 5.41) is 0. The zero-order valence-electron chi connectivity index (χ0n) is 9.09. The fourth-order valence-corrected chi connectivity index (χ4v) is 1.23. The minimum Gasteiger partial charge on any atom is -0.397 e. The molecule has 0 amide bonds. The summed E-state index contributed by atoms with van der Waals surface area (Å²) in [5.74, 6) is 0.475. The van der Waals surface area contributed by atoms with Gasteiger partial charge < -0.3 is 10.7 Å². The molecular formula is C12H18N2. The van der Waals surface area contributed by atoms with E-state index in [1.807, 2.05) is 25.1 Å². The number of hydrogen-bond donors (Lipinski definition) is 2. The van der Waals surface area contributed by atoms with Crippen LogP contribution >= 0.6 is 0 Å². The first-order valence-electron chi connectivity index (χ1n) is 4.83. The second-order valence-corrected chi connectivity index (χ2v) is 3.84. The van der Waals surface area contributed by atoms with E-state index in [1.54, 1.807) is 0 Å². The van der Waals surface area contributed by atoms with Gasteiger partial charge in [0.1, 0.15) is 0 Å². The first-order valence-corrected chi connectivity index (χ1v) is 4.83. The van der Waals surface area contributed by atoms with Crippen LogP contribution in [0.3, 0.4) is 0 Å². The third-order valence-corrected chi connectivity index (χ3v) is 2.22. The highest BCUT2D eigenvalue weighted by Gasteiger charge is 2.05. The zero-order chi connectivity index (χ0) is 10.7. The largest absolute Gasteiger partial charge is 0.397 e. The molecule has 2 heteroatoms. The number of nitrogens with two attached hydrogens (primary N) is 1. The van der Waals surface area contributed by atoms with E-state index < -0.39 is 0 Å². The van der Waals surface area contributed by atoms with Crippen molar-refractivity contribution in [3.63, 3.8) is 0 Å². The minimum absolute atomic E-state index is 0.475. The Kier molecular flexibility index (Phi) is 3.18. The number of aromatic amines is 1. The molecule has 0 atom stereocenters. The van der Waals surface area contributed by atoms with Crippen molar-refractivity contribution in [2.45, 2.75) is 26.7 Å². The number of rotatable bonds is 3. The molecule has 0 aliphatic rings. The second kappa shape index (κ2) is 4.18. The Hall–Kier alpha value is -1.44. The highest BCUT2D eigenvalue weighted by molar-refractivity contribution is 5.65. The Morgan fingerprint density at radius 3 is 2.64 bits per heavy atom. The monoisotopic (exact) mass is 190 g/mol. The molecule has 2 nitrogen and oxygen atoms in total. The Morgan fingerprint density at radius 1 is 1.57 bits per heavy atom. The van der Waals surface area contributed by atoms with E-state index in [0.717, 1.165) is 17.0 Å². The Balaban J connectivity index is 3.04. The maximum absolute atomic E-state index is 5.87. The van der Waals surface area contributed by atoms with E-state index in [-0.39, 0.29) is 0 Å². The van der Waals surface area contributed by atoms with E-state index in [4.69, 9.17) is 5.73 Å². The van der Waals surface area contributed by atoms with Gasteiger partial charge in [0.05, 0.1) is 11.4 Å². The molecule has 0 bridgehead atoms. The maximum atomic E-state index is 5.87. The van der Waals surface area contributed by atoms with E-state index in [0.29, 0.717) is 5.92 Å². The Morgan fingerprint density at radius 2 is 2.21 bits per heavy atom. The van der Waals surface area contributed by atoms with Gasteiger partial charge in [-0.15, -0.1) is 0 Å². The quantitative estimate of drug-likeness (QED) is 0.705. The summed E-state index contributed by atoms with van der Waals surface area (Å²) in [6.45, 7) is 9.98. The molecule has 0 saturated heterocycles. The lowest BCUT2D eigenvalue weighted by Crippen LogP contribution is -1.86. The van der Waals surface area contributed by atoms with Crippen LogP contribution in [0.1, 0.15) is 38.1 Å². The topological polar surface area (TPSA) is 41.8 Å². The lowest BCUT2D eigenvalue weighted by molar-refractivity contribution is 0.832. The van der Waals surface area contributed by atoms with Crippen LogP contribution in [0.25, 0.3) is 6.08 Å². The number of H-pyrrole nitrogens is 1. The average Bonchev–Trinajstić information content (AvgIpc) is 2.48. The molecule has 0 aromatic carbocycles. The molecule has 0 aliphatic heterocycles. The van der Waals surface area contributed by atoms with Crippen molar-refractivity contribution in [2.24, 2.45) is 0 Å². The van der Waals surface area contributed by atoms with Crippen molar-refractivity contribution < 1.29 is 0 Å². The predicted molar refractivity (Wildman–Crippen MR) is 63.1 cm³/mol. The molecule has 1 rings (SSSR count). The Labute approximate surface area is 85.5 Å². The first-order chi connectivity index (χ1) is 6.54. The standard InChI is InChI=1S/C12H18N2/c1-5-9(4)6-12-10(13)7-11(14-12)8(2)3/h5-8,14H,1,13H2,2-4H3/b9-6-. The van der Waals surface area contributed by atoms with Gasteiger partial charge in [-0.25, -0.2) is 0 Å². The lowest BCUT2D eigenvalue weighted by Gasteiger charge is -1.98. The van der Waals surface area contributed by atoms with Crippen molar-refractivity contribution in [3.8, 4) is 0 Å². The van der Waals surface area contributed by atoms with Crippen LogP contribution in [0.15, 0.2) is 24.3 Å². The number of hydrogen-bond acceptors (Lipinski definition) is 1. The molecule has 0 unspecified atom stereocenters. The summed E-state index contributed by atoms with van der Waals surface area (Å²) in [5.41, 5.74) is 9.93. The molecule has 1 aromatic heterocycles. The van der Waals surface area contributed by atoms with Gasteiger partial charge in [0.25, 0.3) is 0 Å². The fraction of sp³-hybridized carbons (Fsp3) is 0.333. The highest BCUT2D eigenvalue weighted by atomic mass is 14.8.